The third-order valence-corrected chi connectivity index (χ3v) is 5.97. The van der Waals surface area contributed by atoms with Crippen molar-refractivity contribution in [2.24, 2.45) is 0 Å². The maximum absolute atomic E-state index is 12.3. The van der Waals surface area contributed by atoms with E-state index in [9.17, 15) is 8.42 Å². The van der Waals surface area contributed by atoms with Crippen LogP contribution >= 0.6 is 34.5 Å². The fourth-order valence-corrected chi connectivity index (χ4v) is 4.63. The Hall–Kier alpha value is -1.45. The predicted octanol–water partition coefficient (Wildman–Crippen LogP) is 3.11. The van der Waals surface area contributed by atoms with Gasteiger partial charge in [0.2, 0.25) is 10.0 Å². The maximum atomic E-state index is 12.3. The van der Waals surface area contributed by atoms with Crippen molar-refractivity contribution in [3.05, 3.63) is 57.0 Å². The Labute approximate surface area is 146 Å². The molecule has 6 nitrogen and oxygen atoms in total. The van der Waals surface area contributed by atoms with E-state index >= 15 is 0 Å². The summed E-state index contributed by atoms with van der Waals surface area (Å²) in [7, 11) is -3.85. The van der Waals surface area contributed by atoms with Gasteiger partial charge in [-0.3, -0.25) is 0 Å². The number of nitrogens with zero attached hydrogens (tertiary/aromatic N) is 3. The van der Waals surface area contributed by atoms with Crippen molar-refractivity contribution >= 4 is 44.6 Å². The van der Waals surface area contributed by atoms with Crippen LogP contribution in [0.25, 0.3) is 5.69 Å². The summed E-state index contributed by atoms with van der Waals surface area (Å²) in [5, 5.41) is 11.8. The van der Waals surface area contributed by atoms with Crippen LogP contribution in [0, 0.1) is 0 Å². The SMILES string of the molecule is O=S(=O)(NCc1cn(-c2ccsc2)nn1)c1c(Cl)cccc1Cl. The zero-order valence-corrected chi connectivity index (χ0v) is 14.6. The first-order valence-electron chi connectivity index (χ1n) is 6.35. The molecule has 0 spiro atoms. The molecule has 0 aliphatic carbocycles. The Balaban J connectivity index is 1.78. The minimum absolute atomic E-state index is 0.0198. The lowest BCUT2D eigenvalue weighted by molar-refractivity contribution is 0.580. The molecule has 2 heterocycles. The molecule has 3 aromatic rings. The van der Waals surface area contributed by atoms with Gasteiger partial charge in [-0.15, -0.1) is 5.10 Å². The fraction of sp³-hybridized carbons (Fsp3) is 0.0769. The van der Waals surface area contributed by atoms with Gasteiger partial charge in [0.25, 0.3) is 0 Å². The normalized spacial score (nSPS) is 11.7. The van der Waals surface area contributed by atoms with Gasteiger partial charge < -0.3 is 0 Å². The lowest BCUT2D eigenvalue weighted by Crippen LogP contribution is -2.24. The van der Waals surface area contributed by atoms with E-state index in [2.05, 4.69) is 15.0 Å². The Bertz CT molecular complexity index is 903. The molecular weight excluding hydrogens is 379 g/mol. The van der Waals surface area contributed by atoms with Crippen LogP contribution in [-0.2, 0) is 16.6 Å². The van der Waals surface area contributed by atoms with E-state index in [1.807, 2.05) is 16.8 Å². The minimum atomic E-state index is -3.85. The Kier molecular flexibility index (Phi) is 4.69. The number of hydrogen-bond acceptors (Lipinski definition) is 5. The Morgan fingerprint density at radius 3 is 2.61 bits per heavy atom. The number of hydrogen-bond donors (Lipinski definition) is 1. The third-order valence-electron chi connectivity index (χ3n) is 2.94. The molecule has 0 aliphatic heterocycles. The molecular formula is C13H10Cl2N4O2S2. The highest BCUT2D eigenvalue weighted by atomic mass is 35.5. The van der Waals surface area contributed by atoms with Crippen LogP contribution in [0.15, 0.2) is 46.1 Å². The highest BCUT2D eigenvalue weighted by Gasteiger charge is 2.21. The largest absolute Gasteiger partial charge is 0.243 e. The number of sulfonamides is 1. The van der Waals surface area contributed by atoms with Gasteiger partial charge in [-0.2, -0.15) is 11.3 Å². The van der Waals surface area contributed by atoms with Crippen LogP contribution in [0.4, 0.5) is 0 Å². The Morgan fingerprint density at radius 1 is 1.22 bits per heavy atom. The Morgan fingerprint density at radius 2 is 1.96 bits per heavy atom. The highest BCUT2D eigenvalue weighted by Crippen LogP contribution is 2.28. The standard InChI is InChI=1S/C13H10Cl2N4O2S2/c14-11-2-1-3-12(15)13(11)23(20,21)16-6-9-7-19(18-17-9)10-4-5-22-8-10/h1-5,7-8,16H,6H2. The fourth-order valence-electron chi connectivity index (χ4n) is 1.87. The number of benzene rings is 1. The molecule has 0 saturated carbocycles. The minimum Gasteiger partial charge on any atom is -0.220 e. The summed E-state index contributed by atoms with van der Waals surface area (Å²) in [5.41, 5.74) is 1.34. The van der Waals surface area contributed by atoms with Crippen LogP contribution in [0.2, 0.25) is 10.0 Å². The van der Waals surface area contributed by atoms with Gasteiger partial charge in [0.15, 0.2) is 0 Å². The van der Waals surface area contributed by atoms with E-state index in [1.54, 1.807) is 16.9 Å². The monoisotopic (exact) mass is 388 g/mol. The lowest BCUT2D eigenvalue weighted by Gasteiger charge is -2.08. The van der Waals surface area contributed by atoms with E-state index in [-0.39, 0.29) is 21.5 Å². The summed E-state index contributed by atoms with van der Waals surface area (Å²) in [6.07, 6.45) is 1.65. The second-order valence-corrected chi connectivity index (χ2v) is 7.81. The summed E-state index contributed by atoms with van der Waals surface area (Å²) in [6.45, 7) is -0.0198. The first kappa shape index (κ1) is 16.4. The van der Waals surface area contributed by atoms with Gasteiger partial charge in [0.05, 0.1) is 34.2 Å². The van der Waals surface area contributed by atoms with Crippen molar-refractivity contribution < 1.29 is 8.42 Å². The van der Waals surface area contributed by atoms with Crippen molar-refractivity contribution in [3.8, 4) is 5.69 Å². The first-order chi connectivity index (χ1) is 11.0. The molecule has 1 N–H and O–H groups in total. The summed E-state index contributed by atoms with van der Waals surface area (Å²) >= 11 is 13.4. The van der Waals surface area contributed by atoms with Crippen molar-refractivity contribution in [2.75, 3.05) is 0 Å². The average Bonchev–Trinajstić information content (AvgIpc) is 3.16. The number of thiophene rings is 1. The van der Waals surface area contributed by atoms with Crippen LogP contribution in [0.3, 0.4) is 0 Å². The molecule has 0 atom stereocenters. The van der Waals surface area contributed by atoms with E-state index in [0.29, 0.717) is 5.69 Å². The van der Waals surface area contributed by atoms with Gasteiger partial charge in [0, 0.05) is 5.38 Å². The van der Waals surface area contributed by atoms with Crippen LogP contribution in [-0.4, -0.2) is 23.4 Å². The van der Waals surface area contributed by atoms with E-state index in [0.717, 1.165) is 5.69 Å². The second kappa shape index (κ2) is 6.58. The topological polar surface area (TPSA) is 76.9 Å². The molecule has 0 bridgehead atoms. The molecule has 0 radical (unpaired) electrons. The average molecular weight is 389 g/mol. The van der Waals surface area contributed by atoms with Crippen molar-refractivity contribution in [2.45, 2.75) is 11.4 Å². The molecule has 1 aromatic carbocycles. The zero-order chi connectivity index (χ0) is 16.4. The van der Waals surface area contributed by atoms with Gasteiger partial charge in [0.1, 0.15) is 4.90 Å². The quantitative estimate of drug-likeness (QED) is 0.728. The molecule has 23 heavy (non-hydrogen) atoms. The molecule has 0 unspecified atom stereocenters. The number of nitrogens with one attached hydrogen (secondary N) is 1. The summed E-state index contributed by atoms with van der Waals surface area (Å²) in [5.74, 6) is 0. The van der Waals surface area contributed by atoms with Gasteiger partial charge >= 0.3 is 0 Å². The van der Waals surface area contributed by atoms with E-state index < -0.39 is 10.0 Å². The highest BCUT2D eigenvalue weighted by molar-refractivity contribution is 7.89. The predicted molar refractivity (Wildman–Crippen MR) is 89.7 cm³/mol. The van der Waals surface area contributed by atoms with Gasteiger partial charge in [-0.25, -0.2) is 17.8 Å². The smallest absolute Gasteiger partial charge is 0.220 e. The molecule has 0 aliphatic rings. The van der Waals surface area contributed by atoms with Crippen molar-refractivity contribution in [1.82, 2.24) is 19.7 Å². The number of aromatic nitrogens is 3. The lowest BCUT2D eigenvalue weighted by atomic mass is 10.4. The molecule has 3 rings (SSSR count). The molecule has 2 aromatic heterocycles. The first-order valence-corrected chi connectivity index (χ1v) is 9.53. The number of halogens is 2. The van der Waals surface area contributed by atoms with Gasteiger partial charge in [-0.05, 0) is 23.6 Å². The molecule has 10 heteroatoms. The summed E-state index contributed by atoms with van der Waals surface area (Å²) in [4.78, 5) is -0.145. The maximum Gasteiger partial charge on any atom is 0.243 e. The van der Waals surface area contributed by atoms with Crippen molar-refractivity contribution in [1.29, 1.82) is 0 Å². The summed E-state index contributed by atoms with van der Waals surface area (Å²) in [6, 6.07) is 6.40. The summed E-state index contributed by atoms with van der Waals surface area (Å²) < 4.78 is 28.7. The van der Waals surface area contributed by atoms with Gasteiger partial charge in [-0.1, -0.05) is 34.5 Å². The molecule has 0 amide bonds. The van der Waals surface area contributed by atoms with E-state index in [4.69, 9.17) is 23.2 Å². The zero-order valence-electron chi connectivity index (χ0n) is 11.5. The molecule has 0 saturated heterocycles. The molecule has 0 fully saturated rings. The molecule has 120 valence electrons. The number of rotatable bonds is 5. The van der Waals surface area contributed by atoms with E-state index in [1.165, 1.54) is 23.5 Å². The third kappa shape index (κ3) is 3.56. The van der Waals surface area contributed by atoms with Crippen LogP contribution < -0.4 is 4.72 Å². The van der Waals surface area contributed by atoms with Crippen molar-refractivity contribution in [3.63, 3.8) is 0 Å². The van der Waals surface area contributed by atoms with Crippen LogP contribution in [0.1, 0.15) is 5.69 Å². The second-order valence-electron chi connectivity index (χ2n) is 4.51. The van der Waals surface area contributed by atoms with Crippen LogP contribution in [0.5, 0.6) is 0 Å².